The Labute approximate surface area is 128 Å². The summed E-state index contributed by atoms with van der Waals surface area (Å²) in [4.78, 5) is 23.6. The van der Waals surface area contributed by atoms with E-state index >= 15 is 0 Å². The van der Waals surface area contributed by atoms with Gasteiger partial charge in [0, 0.05) is 10.6 Å². The van der Waals surface area contributed by atoms with Crippen molar-refractivity contribution in [3.63, 3.8) is 0 Å². The molecule has 1 saturated carbocycles. The lowest BCUT2D eigenvalue weighted by Crippen LogP contribution is -2.52. The molecule has 0 saturated heterocycles. The molecule has 6 heteroatoms. The minimum atomic E-state index is -1.12. The van der Waals surface area contributed by atoms with E-state index in [-0.39, 0.29) is 12.3 Å². The summed E-state index contributed by atoms with van der Waals surface area (Å²) < 4.78 is 5.19. The summed E-state index contributed by atoms with van der Waals surface area (Å²) >= 11 is 5.92. The van der Waals surface area contributed by atoms with Crippen LogP contribution in [0.3, 0.4) is 0 Å². The summed E-state index contributed by atoms with van der Waals surface area (Å²) in [5, 5.41) is 12.5. The van der Waals surface area contributed by atoms with Gasteiger partial charge in [0.05, 0.1) is 13.5 Å². The molecule has 0 aliphatic heterocycles. The fraction of sp³-hybridized carbons (Fsp3) is 0.467. The first-order valence-corrected chi connectivity index (χ1v) is 7.21. The Morgan fingerprint density at radius 3 is 2.62 bits per heavy atom. The molecule has 21 heavy (non-hydrogen) atoms. The van der Waals surface area contributed by atoms with Crippen molar-refractivity contribution in [2.45, 2.75) is 37.6 Å². The van der Waals surface area contributed by atoms with Crippen LogP contribution >= 0.6 is 11.6 Å². The Hall–Kier alpha value is -1.75. The maximum atomic E-state index is 12.2. The van der Waals surface area contributed by atoms with Crippen molar-refractivity contribution in [3.8, 4) is 5.75 Å². The largest absolute Gasteiger partial charge is 0.496 e. The Morgan fingerprint density at radius 1 is 1.38 bits per heavy atom. The zero-order valence-electron chi connectivity index (χ0n) is 11.8. The number of nitrogens with one attached hydrogen (secondary N) is 1. The fourth-order valence-corrected chi connectivity index (χ4v) is 2.93. The molecule has 2 N–H and O–H groups in total. The molecule has 0 heterocycles. The molecule has 0 bridgehead atoms. The highest BCUT2D eigenvalue weighted by molar-refractivity contribution is 6.30. The average molecular weight is 312 g/mol. The van der Waals surface area contributed by atoms with Crippen molar-refractivity contribution < 1.29 is 19.4 Å². The van der Waals surface area contributed by atoms with E-state index in [0.717, 1.165) is 12.8 Å². The molecule has 2 rings (SSSR count). The van der Waals surface area contributed by atoms with Crippen molar-refractivity contribution >= 4 is 23.5 Å². The quantitative estimate of drug-likeness (QED) is 0.875. The standard InChI is InChI=1S/C15H18ClNO4/c1-21-12-5-4-11(16)8-10(12)9-13(18)17-15(14(19)20)6-2-3-7-15/h4-5,8H,2-3,6-7,9H2,1H3,(H,17,18)(H,19,20). The topological polar surface area (TPSA) is 75.6 Å². The van der Waals surface area contributed by atoms with Crippen LogP contribution < -0.4 is 10.1 Å². The van der Waals surface area contributed by atoms with E-state index in [0.29, 0.717) is 29.2 Å². The van der Waals surface area contributed by atoms with Crippen LogP contribution in [0.15, 0.2) is 18.2 Å². The van der Waals surface area contributed by atoms with E-state index in [1.807, 2.05) is 0 Å². The van der Waals surface area contributed by atoms with E-state index in [9.17, 15) is 14.7 Å². The highest BCUT2D eigenvalue weighted by Gasteiger charge is 2.42. The first-order chi connectivity index (χ1) is 9.97. The number of amides is 1. The van der Waals surface area contributed by atoms with Crippen LogP contribution in [-0.4, -0.2) is 29.6 Å². The molecule has 0 aromatic heterocycles. The number of hydrogen-bond acceptors (Lipinski definition) is 3. The molecule has 1 amide bonds. The van der Waals surface area contributed by atoms with Gasteiger partial charge in [-0.3, -0.25) is 4.79 Å². The summed E-state index contributed by atoms with van der Waals surface area (Å²) in [5.74, 6) is -0.739. The third-order valence-corrected chi connectivity index (χ3v) is 4.07. The van der Waals surface area contributed by atoms with Crippen molar-refractivity contribution in [3.05, 3.63) is 28.8 Å². The van der Waals surface area contributed by atoms with Gasteiger partial charge >= 0.3 is 5.97 Å². The Morgan fingerprint density at radius 2 is 2.05 bits per heavy atom. The number of hydrogen-bond donors (Lipinski definition) is 2. The number of benzene rings is 1. The number of halogens is 1. The zero-order valence-corrected chi connectivity index (χ0v) is 12.6. The Balaban J connectivity index is 2.11. The normalized spacial score (nSPS) is 16.5. The Bertz CT molecular complexity index is 553. The molecule has 0 unspecified atom stereocenters. The van der Waals surface area contributed by atoms with Crippen molar-refractivity contribution in [2.75, 3.05) is 7.11 Å². The molecule has 1 aliphatic carbocycles. The van der Waals surface area contributed by atoms with E-state index in [1.54, 1.807) is 18.2 Å². The van der Waals surface area contributed by atoms with Crippen LogP contribution in [0, 0.1) is 0 Å². The van der Waals surface area contributed by atoms with Crippen molar-refractivity contribution in [2.24, 2.45) is 0 Å². The van der Waals surface area contributed by atoms with Gasteiger partial charge in [0.2, 0.25) is 5.91 Å². The highest BCUT2D eigenvalue weighted by Crippen LogP contribution is 2.30. The van der Waals surface area contributed by atoms with Crippen LogP contribution in [0.1, 0.15) is 31.2 Å². The van der Waals surface area contributed by atoms with E-state index in [1.165, 1.54) is 7.11 Å². The molecule has 0 radical (unpaired) electrons. The van der Waals surface area contributed by atoms with Crippen LogP contribution in [0.4, 0.5) is 0 Å². The molecule has 1 fully saturated rings. The van der Waals surface area contributed by atoms with Crippen molar-refractivity contribution in [1.82, 2.24) is 5.32 Å². The van der Waals surface area contributed by atoms with Crippen LogP contribution in [0.2, 0.25) is 5.02 Å². The van der Waals surface area contributed by atoms with Gasteiger partial charge in [-0.15, -0.1) is 0 Å². The van der Waals surface area contributed by atoms with Gasteiger partial charge in [-0.05, 0) is 31.0 Å². The fourth-order valence-electron chi connectivity index (χ4n) is 2.74. The number of rotatable bonds is 5. The summed E-state index contributed by atoms with van der Waals surface area (Å²) in [7, 11) is 1.51. The molecular weight excluding hydrogens is 294 g/mol. The number of carbonyl (C=O) groups is 2. The van der Waals surface area contributed by atoms with Gasteiger partial charge in [-0.2, -0.15) is 0 Å². The van der Waals surface area contributed by atoms with E-state index < -0.39 is 11.5 Å². The Kier molecular flexibility index (Phi) is 4.73. The summed E-state index contributed by atoms with van der Waals surface area (Å²) in [6, 6.07) is 5.02. The number of carboxylic acid groups (broad SMARTS) is 1. The third kappa shape index (κ3) is 3.47. The lowest BCUT2D eigenvalue weighted by molar-refractivity contribution is -0.147. The number of ether oxygens (including phenoxy) is 1. The third-order valence-electron chi connectivity index (χ3n) is 3.84. The van der Waals surface area contributed by atoms with E-state index in [2.05, 4.69) is 5.32 Å². The van der Waals surface area contributed by atoms with Gasteiger partial charge in [0.1, 0.15) is 11.3 Å². The summed E-state index contributed by atoms with van der Waals surface area (Å²) in [6.45, 7) is 0. The maximum absolute atomic E-state index is 12.2. The predicted octanol–water partition coefficient (Wildman–Crippen LogP) is 2.40. The average Bonchev–Trinajstić information content (AvgIpc) is 2.88. The SMILES string of the molecule is COc1ccc(Cl)cc1CC(=O)NC1(C(=O)O)CCCC1. The van der Waals surface area contributed by atoms with Crippen molar-refractivity contribution in [1.29, 1.82) is 0 Å². The lowest BCUT2D eigenvalue weighted by Gasteiger charge is -2.25. The van der Waals surface area contributed by atoms with Gasteiger partial charge in [-0.1, -0.05) is 24.4 Å². The van der Waals surface area contributed by atoms with Gasteiger partial charge in [-0.25, -0.2) is 4.79 Å². The highest BCUT2D eigenvalue weighted by atomic mass is 35.5. The molecule has 0 spiro atoms. The molecule has 1 aromatic carbocycles. The summed E-state index contributed by atoms with van der Waals surface area (Å²) in [6.07, 6.45) is 2.61. The number of methoxy groups -OCH3 is 1. The molecule has 1 aromatic rings. The molecule has 5 nitrogen and oxygen atoms in total. The second-order valence-corrected chi connectivity index (χ2v) is 5.71. The molecule has 0 atom stereocenters. The monoisotopic (exact) mass is 311 g/mol. The second kappa shape index (κ2) is 6.35. The van der Waals surface area contributed by atoms with Crippen LogP contribution in [-0.2, 0) is 16.0 Å². The first-order valence-electron chi connectivity index (χ1n) is 6.84. The summed E-state index contributed by atoms with van der Waals surface area (Å²) in [5.41, 5.74) is -0.482. The lowest BCUT2D eigenvalue weighted by atomic mass is 9.97. The van der Waals surface area contributed by atoms with Gasteiger partial charge < -0.3 is 15.2 Å². The molecular formula is C15H18ClNO4. The number of carbonyl (C=O) groups excluding carboxylic acids is 1. The number of aliphatic carboxylic acids is 1. The maximum Gasteiger partial charge on any atom is 0.329 e. The van der Waals surface area contributed by atoms with E-state index in [4.69, 9.17) is 16.3 Å². The number of carboxylic acids is 1. The van der Waals surface area contributed by atoms with Crippen LogP contribution in [0.5, 0.6) is 5.75 Å². The van der Waals surface area contributed by atoms with Crippen LogP contribution in [0.25, 0.3) is 0 Å². The first kappa shape index (κ1) is 15.6. The minimum Gasteiger partial charge on any atom is -0.496 e. The zero-order chi connectivity index (χ0) is 15.5. The predicted molar refractivity (Wildman–Crippen MR) is 78.7 cm³/mol. The second-order valence-electron chi connectivity index (χ2n) is 5.28. The van der Waals surface area contributed by atoms with Gasteiger partial charge in [0.25, 0.3) is 0 Å². The van der Waals surface area contributed by atoms with Gasteiger partial charge in [0.15, 0.2) is 0 Å². The molecule has 114 valence electrons. The minimum absolute atomic E-state index is 0.0404. The molecule has 1 aliphatic rings. The smallest absolute Gasteiger partial charge is 0.329 e.